The summed E-state index contributed by atoms with van der Waals surface area (Å²) in [6.07, 6.45) is 8.80. The van der Waals surface area contributed by atoms with Gasteiger partial charge in [0.2, 0.25) is 27.7 Å². The number of allylic oxidation sites excluding steroid dienone is 2. The summed E-state index contributed by atoms with van der Waals surface area (Å²) in [5.74, 6) is -2.72. The number of hydrogen-bond acceptors (Lipinski definition) is 10. The fourth-order valence-electron chi connectivity index (χ4n) is 7.99. The van der Waals surface area contributed by atoms with Gasteiger partial charge in [-0.25, -0.2) is 22.2 Å². The van der Waals surface area contributed by atoms with Gasteiger partial charge in [-0.2, -0.15) is 0 Å². The SMILES string of the molecule is CC1(S(=O)(=O)NC(=O)[C@]23CC(=O)[C@@H]4C[C@@H](Oc5nc6ccccc6c6ccc(F)cc56)CN4C(=O)[C@@H](NC(=O)c4ccns4)CCCCC/C=C\[C@@H]2C3)CC1. The highest BCUT2D eigenvalue weighted by Gasteiger charge is 2.62. The first-order chi connectivity index (χ1) is 26.4. The lowest BCUT2D eigenvalue weighted by Crippen LogP contribution is -2.52. The number of hydrogen-bond donors (Lipinski definition) is 2. The molecule has 288 valence electrons. The molecule has 3 amide bonds. The second-order valence-corrected chi connectivity index (χ2v) is 18.6. The normalized spacial score (nSPS) is 27.3. The van der Waals surface area contributed by atoms with Gasteiger partial charge in [-0.3, -0.25) is 23.9 Å². The van der Waals surface area contributed by atoms with E-state index in [9.17, 15) is 32.0 Å². The molecule has 4 aromatic rings. The molecule has 2 aliphatic carbocycles. The number of rotatable bonds is 7. The number of para-hydroxylation sites is 1. The van der Waals surface area contributed by atoms with Gasteiger partial charge >= 0.3 is 0 Å². The van der Waals surface area contributed by atoms with Gasteiger partial charge in [0.05, 0.1) is 28.3 Å². The van der Waals surface area contributed by atoms with Crippen LogP contribution in [0.5, 0.6) is 5.88 Å². The van der Waals surface area contributed by atoms with Gasteiger partial charge in [0, 0.05) is 29.8 Å². The zero-order valence-electron chi connectivity index (χ0n) is 30.3. The maximum atomic E-state index is 14.7. The third kappa shape index (κ3) is 7.23. The number of pyridine rings is 1. The van der Waals surface area contributed by atoms with Crippen LogP contribution in [0.2, 0.25) is 0 Å². The molecule has 0 bridgehead atoms. The van der Waals surface area contributed by atoms with E-state index in [1.54, 1.807) is 19.1 Å². The molecule has 2 N–H and O–H groups in total. The number of carbonyl (C=O) groups excluding carboxylic acids is 4. The zero-order chi connectivity index (χ0) is 38.5. The number of nitrogens with one attached hydrogen (secondary N) is 2. The first kappa shape index (κ1) is 37.2. The highest BCUT2D eigenvalue weighted by atomic mass is 32.2. The van der Waals surface area contributed by atoms with E-state index in [1.165, 1.54) is 23.2 Å². The van der Waals surface area contributed by atoms with Gasteiger partial charge < -0.3 is 15.0 Å². The molecule has 1 saturated heterocycles. The van der Waals surface area contributed by atoms with Crippen molar-refractivity contribution in [3.8, 4) is 5.88 Å². The topological polar surface area (TPSA) is 165 Å². The number of fused-ring (bicyclic) bond motifs is 5. The van der Waals surface area contributed by atoms with E-state index >= 15 is 0 Å². The van der Waals surface area contributed by atoms with E-state index in [1.807, 2.05) is 36.4 Å². The molecule has 5 atom stereocenters. The minimum Gasteiger partial charge on any atom is -0.472 e. The van der Waals surface area contributed by atoms with Gasteiger partial charge in [-0.1, -0.05) is 49.3 Å². The van der Waals surface area contributed by atoms with Gasteiger partial charge in [-0.15, -0.1) is 0 Å². The number of benzene rings is 2. The van der Waals surface area contributed by atoms with Crippen LogP contribution in [-0.2, 0) is 24.4 Å². The molecule has 0 unspecified atom stereocenters. The molecule has 4 heterocycles. The molecular formula is C40H42FN5O7S2. The van der Waals surface area contributed by atoms with Crippen molar-refractivity contribution in [2.24, 2.45) is 11.3 Å². The summed E-state index contributed by atoms with van der Waals surface area (Å²) in [5.41, 5.74) is -0.675. The molecule has 12 nitrogen and oxygen atoms in total. The number of ether oxygens (including phenoxy) is 1. The van der Waals surface area contributed by atoms with E-state index in [4.69, 9.17) is 9.72 Å². The third-order valence-corrected chi connectivity index (χ3v) is 14.6. The second kappa shape index (κ2) is 14.4. The van der Waals surface area contributed by atoms with Crippen molar-refractivity contribution in [2.45, 2.75) is 94.1 Å². The van der Waals surface area contributed by atoms with Crippen LogP contribution in [0.3, 0.4) is 0 Å². The van der Waals surface area contributed by atoms with Crippen LogP contribution in [-0.4, -0.2) is 75.7 Å². The average Bonchev–Trinajstić information content (AvgIpc) is 3.91. The van der Waals surface area contributed by atoms with E-state index < -0.39 is 67.7 Å². The van der Waals surface area contributed by atoms with Gasteiger partial charge in [-0.05, 0) is 92.6 Å². The quantitative estimate of drug-likeness (QED) is 0.179. The molecular weight excluding hydrogens is 746 g/mol. The summed E-state index contributed by atoms with van der Waals surface area (Å²) in [4.78, 5) is 62.9. The molecule has 8 rings (SSSR count). The highest BCUT2D eigenvalue weighted by molar-refractivity contribution is 7.91. The van der Waals surface area contributed by atoms with Gasteiger partial charge in [0.25, 0.3) is 5.91 Å². The van der Waals surface area contributed by atoms with Crippen molar-refractivity contribution in [3.05, 3.63) is 77.6 Å². The molecule has 0 radical (unpaired) electrons. The Labute approximate surface area is 322 Å². The molecule has 15 heteroatoms. The Hall–Kier alpha value is -4.76. The molecule has 2 aromatic heterocycles. The molecule has 4 aliphatic rings. The molecule has 0 spiro atoms. The number of aromatic nitrogens is 2. The third-order valence-electron chi connectivity index (χ3n) is 11.7. The number of nitrogens with zero attached hydrogens (tertiary/aromatic N) is 3. The lowest BCUT2D eigenvalue weighted by Gasteiger charge is -2.29. The number of halogens is 1. The van der Waals surface area contributed by atoms with E-state index in [0.29, 0.717) is 54.3 Å². The summed E-state index contributed by atoms with van der Waals surface area (Å²) < 4.78 is 52.8. The van der Waals surface area contributed by atoms with Gasteiger partial charge in [0.1, 0.15) is 22.8 Å². The van der Waals surface area contributed by atoms with Crippen LogP contribution in [0.25, 0.3) is 21.7 Å². The Kier molecular flexibility index (Phi) is 9.73. The second-order valence-electron chi connectivity index (χ2n) is 15.6. The first-order valence-electron chi connectivity index (χ1n) is 18.8. The monoisotopic (exact) mass is 787 g/mol. The van der Waals surface area contributed by atoms with Crippen LogP contribution in [0.1, 0.15) is 80.8 Å². The minimum atomic E-state index is -3.97. The summed E-state index contributed by atoms with van der Waals surface area (Å²) in [6, 6.07) is 11.3. The van der Waals surface area contributed by atoms with Crippen LogP contribution in [0.15, 0.2) is 66.9 Å². The predicted octanol–water partition coefficient (Wildman–Crippen LogP) is 5.61. The van der Waals surface area contributed by atoms with E-state index in [-0.39, 0.29) is 31.2 Å². The highest BCUT2D eigenvalue weighted by Crippen LogP contribution is 2.57. The fourth-order valence-corrected chi connectivity index (χ4v) is 9.83. The van der Waals surface area contributed by atoms with Crippen LogP contribution in [0, 0.1) is 17.2 Å². The Bertz CT molecular complexity index is 2330. The molecule has 3 fully saturated rings. The summed E-state index contributed by atoms with van der Waals surface area (Å²) >= 11 is 1.01. The number of ketones is 1. The lowest BCUT2D eigenvalue weighted by molar-refractivity contribution is -0.140. The van der Waals surface area contributed by atoms with Crippen molar-refractivity contribution in [1.29, 1.82) is 0 Å². The summed E-state index contributed by atoms with van der Waals surface area (Å²) in [6.45, 7) is 1.56. The van der Waals surface area contributed by atoms with Crippen molar-refractivity contribution in [3.63, 3.8) is 0 Å². The summed E-state index contributed by atoms with van der Waals surface area (Å²) in [5, 5.41) is 4.85. The largest absolute Gasteiger partial charge is 0.472 e. The minimum absolute atomic E-state index is 0.0389. The van der Waals surface area contributed by atoms with E-state index in [2.05, 4.69) is 14.4 Å². The van der Waals surface area contributed by atoms with Crippen molar-refractivity contribution >= 4 is 66.7 Å². The summed E-state index contributed by atoms with van der Waals surface area (Å²) in [7, 11) is -3.97. The molecule has 2 saturated carbocycles. The van der Waals surface area contributed by atoms with Crippen molar-refractivity contribution < 1.29 is 36.7 Å². The maximum absolute atomic E-state index is 14.7. The predicted molar refractivity (Wildman–Crippen MR) is 204 cm³/mol. The van der Waals surface area contributed by atoms with Crippen molar-refractivity contribution in [1.82, 2.24) is 24.3 Å². The number of amides is 3. The van der Waals surface area contributed by atoms with Crippen LogP contribution >= 0.6 is 11.5 Å². The zero-order valence-corrected chi connectivity index (χ0v) is 32.0. The fraction of sp³-hybridized carbons (Fsp3) is 0.450. The van der Waals surface area contributed by atoms with Gasteiger partial charge in [0.15, 0.2) is 5.78 Å². The van der Waals surface area contributed by atoms with Crippen LogP contribution in [0.4, 0.5) is 4.39 Å². The number of sulfonamides is 1. The Morgan fingerprint density at radius 1 is 1.04 bits per heavy atom. The lowest BCUT2D eigenvalue weighted by atomic mass is 9.91. The number of carbonyl (C=O) groups is 4. The Balaban J connectivity index is 1.13. The molecule has 2 aromatic carbocycles. The average molecular weight is 788 g/mol. The molecule has 55 heavy (non-hydrogen) atoms. The molecule has 2 aliphatic heterocycles. The van der Waals surface area contributed by atoms with Crippen molar-refractivity contribution in [2.75, 3.05) is 6.54 Å². The van der Waals surface area contributed by atoms with Crippen LogP contribution < -0.4 is 14.8 Å². The Morgan fingerprint density at radius 2 is 1.85 bits per heavy atom. The first-order valence-corrected chi connectivity index (χ1v) is 21.1. The maximum Gasteiger partial charge on any atom is 0.263 e. The smallest absolute Gasteiger partial charge is 0.263 e. The van der Waals surface area contributed by atoms with E-state index in [0.717, 1.165) is 35.1 Å². The standard InChI is InChI=1S/C40H42FN5O7S2/c1-39(16-17-39)55(51,52)45-38(50)40-21-24(40)9-5-3-2-4-6-12-31(43-35(48)34-15-18-42-54-34)37(49)46-23-26(20-32(46)33(47)22-40)53-36-29-19-25(41)13-14-27(29)28-10-7-8-11-30(28)44-36/h5,7-11,13-15,18-19,24,26,31-32H,2-4,6,12,16-17,20-23H2,1H3,(H,43,48)(H,45,50)/b9-5-/t24-,26-,31+,32+,40-/m1/s1. The number of Topliss-reactive ketones (excluding diaryl/α,β-unsaturated/α-hetero) is 1. The Morgan fingerprint density at radius 3 is 2.64 bits per heavy atom.